The average Bonchev–Trinajstić information content (AvgIpc) is 2.79. The van der Waals surface area contributed by atoms with E-state index in [4.69, 9.17) is 0 Å². The number of likely N-dealkylation sites (N-methyl/N-ethyl adjacent to an activating group) is 1. The van der Waals surface area contributed by atoms with Gasteiger partial charge in [-0.3, -0.25) is 4.90 Å². The lowest BCUT2D eigenvalue weighted by atomic mass is 10.1. The van der Waals surface area contributed by atoms with Crippen LogP contribution in [0.25, 0.3) is 0 Å². The molecule has 0 aliphatic carbocycles. The van der Waals surface area contributed by atoms with Gasteiger partial charge in [0, 0.05) is 26.2 Å². The van der Waals surface area contributed by atoms with Crippen LogP contribution < -0.4 is 5.32 Å². The van der Waals surface area contributed by atoms with Crippen molar-refractivity contribution in [3.63, 3.8) is 0 Å². The van der Waals surface area contributed by atoms with Crippen molar-refractivity contribution in [2.75, 3.05) is 26.7 Å². The van der Waals surface area contributed by atoms with Gasteiger partial charge in [0.25, 0.3) is 0 Å². The summed E-state index contributed by atoms with van der Waals surface area (Å²) in [6, 6.07) is 0.179. The van der Waals surface area contributed by atoms with E-state index in [9.17, 15) is 9.90 Å². The summed E-state index contributed by atoms with van der Waals surface area (Å²) in [7, 11) is 2.08. The summed E-state index contributed by atoms with van der Waals surface area (Å²) in [6.07, 6.45) is 3.00. The molecule has 2 aliphatic rings. The maximum absolute atomic E-state index is 11.3. The number of nitrogens with one attached hydrogen (secondary N) is 1. The van der Waals surface area contributed by atoms with Crippen LogP contribution in [0.4, 0.5) is 0 Å². The van der Waals surface area contributed by atoms with Gasteiger partial charge in [-0.05, 0) is 26.3 Å². The second kappa shape index (κ2) is 4.94. The van der Waals surface area contributed by atoms with Crippen molar-refractivity contribution in [1.29, 1.82) is 0 Å². The van der Waals surface area contributed by atoms with Crippen LogP contribution in [0.5, 0.6) is 0 Å². The number of fused-ring (bicyclic) bond motifs is 1. The van der Waals surface area contributed by atoms with E-state index in [0.29, 0.717) is 0 Å². The second-order valence-corrected chi connectivity index (χ2v) is 5.38. The Balaban J connectivity index is 2.03. The van der Waals surface area contributed by atoms with Crippen LogP contribution in [0.15, 0.2) is 0 Å². The van der Waals surface area contributed by atoms with Gasteiger partial charge in [-0.2, -0.15) is 0 Å². The van der Waals surface area contributed by atoms with Crippen LogP contribution in [0.3, 0.4) is 0 Å². The van der Waals surface area contributed by atoms with E-state index in [0.717, 1.165) is 57.0 Å². The molecule has 1 unspecified atom stereocenters. The number of rotatable bonds is 2. The molecule has 0 saturated carbocycles. The predicted octanol–water partition coefficient (Wildman–Crippen LogP) is 0.494. The van der Waals surface area contributed by atoms with Crippen LogP contribution in [0.1, 0.15) is 40.9 Å². The van der Waals surface area contributed by atoms with E-state index in [1.807, 2.05) is 0 Å². The number of hydrogen-bond acceptors (Lipinski definition) is 4. The van der Waals surface area contributed by atoms with E-state index in [-0.39, 0.29) is 11.7 Å². The zero-order valence-electron chi connectivity index (χ0n) is 11.2. The molecule has 19 heavy (non-hydrogen) atoms. The fraction of sp³-hybridized carbons (Fsp3) is 0.692. The Labute approximate surface area is 112 Å². The van der Waals surface area contributed by atoms with Gasteiger partial charge in [-0.15, -0.1) is 0 Å². The first-order valence-electron chi connectivity index (χ1n) is 6.92. The lowest BCUT2D eigenvalue weighted by Crippen LogP contribution is -2.45. The van der Waals surface area contributed by atoms with Gasteiger partial charge in [0.05, 0.1) is 11.7 Å². The summed E-state index contributed by atoms with van der Waals surface area (Å²) < 4.78 is 2.14. The highest BCUT2D eigenvalue weighted by Gasteiger charge is 2.30. The standard InChI is InChI=1S/C13H20N4O2/c1-16-7-5-14-8-10(16)12-15-11(13(18)19)9-4-2-3-6-17(9)12/h10,14H,2-8H2,1H3,(H,18,19). The fourth-order valence-corrected chi connectivity index (χ4v) is 3.09. The van der Waals surface area contributed by atoms with Crippen LogP contribution in [0, 0.1) is 0 Å². The third-order valence-electron chi connectivity index (χ3n) is 4.16. The topological polar surface area (TPSA) is 70.4 Å². The van der Waals surface area contributed by atoms with Crippen LogP contribution >= 0.6 is 0 Å². The molecule has 0 aromatic carbocycles. The quantitative estimate of drug-likeness (QED) is 0.813. The maximum Gasteiger partial charge on any atom is 0.356 e. The minimum absolute atomic E-state index is 0.179. The first kappa shape index (κ1) is 12.6. The molecule has 3 heterocycles. The molecule has 0 amide bonds. The van der Waals surface area contributed by atoms with Crippen molar-refractivity contribution in [3.05, 3.63) is 17.2 Å². The number of imidazole rings is 1. The van der Waals surface area contributed by atoms with Crippen molar-refractivity contribution >= 4 is 5.97 Å². The molecule has 3 rings (SSSR count). The van der Waals surface area contributed by atoms with E-state index in [2.05, 4.69) is 26.8 Å². The van der Waals surface area contributed by atoms with E-state index >= 15 is 0 Å². The number of nitrogens with zero attached hydrogens (tertiary/aromatic N) is 3. The second-order valence-electron chi connectivity index (χ2n) is 5.38. The first-order chi connectivity index (χ1) is 9.18. The Morgan fingerprint density at radius 2 is 2.26 bits per heavy atom. The summed E-state index contributed by atoms with van der Waals surface area (Å²) >= 11 is 0. The van der Waals surface area contributed by atoms with Gasteiger partial charge in [0.1, 0.15) is 5.82 Å². The minimum atomic E-state index is -0.900. The smallest absolute Gasteiger partial charge is 0.356 e. The first-order valence-corrected chi connectivity index (χ1v) is 6.92. The van der Waals surface area contributed by atoms with Crippen LogP contribution in [0.2, 0.25) is 0 Å². The maximum atomic E-state index is 11.3. The molecule has 0 radical (unpaired) electrons. The number of hydrogen-bond donors (Lipinski definition) is 2. The summed E-state index contributed by atoms with van der Waals surface area (Å²) in [4.78, 5) is 18.0. The minimum Gasteiger partial charge on any atom is -0.476 e. The molecule has 1 saturated heterocycles. The summed E-state index contributed by atoms with van der Waals surface area (Å²) in [5.74, 6) is 0.0186. The summed E-state index contributed by atoms with van der Waals surface area (Å²) in [5.41, 5.74) is 1.17. The molecule has 6 heteroatoms. The molecule has 0 spiro atoms. The monoisotopic (exact) mass is 264 g/mol. The summed E-state index contributed by atoms with van der Waals surface area (Å²) in [5, 5.41) is 12.7. The Kier molecular flexibility index (Phi) is 3.28. The third-order valence-corrected chi connectivity index (χ3v) is 4.16. The molecule has 1 fully saturated rings. The number of carbonyl (C=O) groups is 1. The lowest BCUT2D eigenvalue weighted by molar-refractivity contribution is 0.0689. The van der Waals surface area contributed by atoms with E-state index < -0.39 is 5.97 Å². The molecular formula is C13H20N4O2. The summed E-state index contributed by atoms with van der Waals surface area (Å²) in [6.45, 7) is 3.68. The van der Waals surface area contributed by atoms with E-state index in [1.165, 1.54) is 0 Å². The predicted molar refractivity (Wildman–Crippen MR) is 70.4 cm³/mol. The highest BCUT2D eigenvalue weighted by atomic mass is 16.4. The number of carboxylic acids is 1. The van der Waals surface area contributed by atoms with Gasteiger partial charge >= 0.3 is 5.97 Å². The Hall–Kier alpha value is -1.40. The molecule has 2 aliphatic heterocycles. The van der Waals surface area contributed by atoms with Crippen molar-refractivity contribution in [1.82, 2.24) is 19.8 Å². The largest absolute Gasteiger partial charge is 0.476 e. The fourth-order valence-electron chi connectivity index (χ4n) is 3.09. The molecule has 1 aromatic rings. The normalized spacial score (nSPS) is 24.2. The van der Waals surface area contributed by atoms with Gasteiger partial charge in [0.2, 0.25) is 0 Å². The number of piperazine rings is 1. The Bertz CT molecular complexity index is 497. The molecule has 1 aromatic heterocycles. The molecule has 1 atom stereocenters. The molecule has 104 valence electrons. The zero-order valence-corrected chi connectivity index (χ0v) is 11.2. The van der Waals surface area contributed by atoms with E-state index in [1.54, 1.807) is 0 Å². The zero-order chi connectivity index (χ0) is 13.4. The van der Waals surface area contributed by atoms with Crippen molar-refractivity contribution < 1.29 is 9.90 Å². The Morgan fingerprint density at radius 1 is 1.42 bits per heavy atom. The van der Waals surface area contributed by atoms with Gasteiger partial charge < -0.3 is 15.0 Å². The van der Waals surface area contributed by atoms with Crippen molar-refractivity contribution in [3.8, 4) is 0 Å². The molecule has 2 N–H and O–H groups in total. The van der Waals surface area contributed by atoms with Gasteiger partial charge in [-0.1, -0.05) is 0 Å². The third kappa shape index (κ3) is 2.15. The highest BCUT2D eigenvalue weighted by molar-refractivity contribution is 5.87. The molecular weight excluding hydrogens is 244 g/mol. The van der Waals surface area contributed by atoms with Crippen molar-refractivity contribution in [2.24, 2.45) is 0 Å². The highest BCUT2D eigenvalue weighted by Crippen LogP contribution is 2.27. The Morgan fingerprint density at radius 3 is 3.00 bits per heavy atom. The van der Waals surface area contributed by atoms with Gasteiger partial charge in [-0.25, -0.2) is 9.78 Å². The average molecular weight is 264 g/mol. The SMILES string of the molecule is CN1CCNCC1c1nc(C(=O)O)c2n1CCCC2. The lowest BCUT2D eigenvalue weighted by Gasteiger charge is -2.33. The number of aromatic nitrogens is 2. The van der Waals surface area contributed by atoms with Crippen LogP contribution in [-0.2, 0) is 13.0 Å². The number of carboxylic acid groups (broad SMARTS) is 1. The van der Waals surface area contributed by atoms with Gasteiger partial charge in [0.15, 0.2) is 5.69 Å². The number of aromatic carboxylic acids is 1. The molecule has 6 nitrogen and oxygen atoms in total. The molecule has 0 bridgehead atoms. The van der Waals surface area contributed by atoms with Crippen LogP contribution in [-0.4, -0.2) is 52.2 Å². The van der Waals surface area contributed by atoms with Crippen molar-refractivity contribution in [2.45, 2.75) is 31.8 Å².